The molecule has 0 nitrogen and oxygen atoms in total. The Kier molecular flexibility index (Phi) is 4.46. The van der Waals surface area contributed by atoms with E-state index in [4.69, 9.17) is 11.6 Å². The van der Waals surface area contributed by atoms with Crippen LogP contribution in [0.4, 0.5) is 0 Å². The molecule has 0 aromatic rings. The van der Waals surface area contributed by atoms with Crippen molar-refractivity contribution in [1.82, 2.24) is 0 Å². The second kappa shape index (κ2) is 4.35. The summed E-state index contributed by atoms with van der Waals surface area (Å²) in [6.07, 6.45) is 1.16. The Balaban J connectivity index is 4.09. The van der Waals surface area contributed by atoms with Crippen molar-refractivity contribution in [3.05, 3.63) is 5.92 Å². The highest BCUT2D eigenvalue weighted by atomic mass is 35.5. The van der Waals surface area contributed by atoms with Crippen molar-refractivity contribution < 1.29 is 0 Å². The largest absolute Gasteiger partial charge is 0.126 e. The lowest BCUT2D eigenvalue weighted by Gasteiger charge is -2.32. The molecule has 0 fully saturated rings. The number of rotatable bonds is 3. The first-order valence-corrected chi connectivity index (χ1v) is 4.86. The van der Waals surface area contributed by atoms with Crippen molar-refractivity contribution >= 4 is 11.6 Å². The minimum atomic E-state index is 0.315. The van der Waals surface area contributed by atoms with Crippen LogP contribution in [0.25, 0.3) is 0 Å². The molecule has 0 saturated heterocycles. The second-order valence-corrected chi connectivity index (χ2v) is 4.50. The average molecular weight is 176 g/mol. The summed E-state index contributed by atoms with van der Waals surface area (Å²) in [5, 5.41) is 0. The SMILES string of the molecule is CCC(CCl)[C](C)C(C)(C)C. The summed E-state index contributed by atoms with van der Waals surface area (Å²) in [6, 6.07) is 0. The highest BCUT2D eigenvalue weighted by Gasteiger charge is 2.26. The summed E-state index contributed by atoms with van der Waals surface area (Å²) >= 11 is 5.85. The van der Waals surface area contributed by atoms with E-state index >= 15 is 0 Å². The van der Waals surface area contributed by atoms with Crippen LogP contribution in [0.1, 0.15) is 41.0 Å². The van der Waals surface area contributed by atoms with Gasteiger partial charge in [0.1, 0.15) is 0 Å². The van der Waals surface area contributed by atoms with Crippen LogP contribution in [0.5, 0.6) is 0 Å². The first-order chi connectivity index (χ1) is 4.93. The first-order valence-electron chi connectivity index (χ1n) is 4.33. The van der Waals surface area contributed by atoms with Gasteiger partial charge in [0.15, 0.2) is 0 Å². The molecule has 0 rings (SSSR count). The van der Waals surface area contributed by atoms with Gasteiger partial charge in [0.2, 0.25) is 0 Å². The molecule has 1 radical (unpaired) electrons. The predicted octanol–water partition coefficient (Wildman–Crippen LogP) is 3.89. The van der Waals surface area contributed by atoms with Crippen molar-refractivity contribution in [2.45, 2.75) is 41.0 Å². The van der Waals surface area contributed by atoms with Gasteiger partial charge in [-0.2, -0.15) is 0 Å². The van der Waals surface area contributed by atoms with Crippen molar-refractivity contribution in [2.24, 2.45) is 11.3 Å². The Hall–Kier alpha value is 0.290. The van der Waals surface area contributed by atoms with Crippen LogP contribution in [0.2, 0.25) is 0 Å². The molecule has 0 aliphatic heterocycles. The summed E-state index contributed by atoms with van der Waals surface area (Å²) in [6.45, 7) is 11.2. The standard InChI is InChI=1S/C10H20Cl/c1-6-9(7-11)8(2)10(3,4)5/h9H,6-7H2,1-5H3. The van der Waals surface area contributed by atoms with Crippen molar-refractivity contribution in [3.63, 3.8) is 0 Å². The highest BCUT2D eigenvalue weighted by Crippen LogP contribution is 2.35. The Morgan fingerprint density at radius 1 is 1.36 bits per heavy atom. The smallest absolute Gasteiger partial charge is 0.0257 e. The normalized spacial score (nSPS) is 15.5. The summed E-state index contributed by atoms with van der Waals surface area (Å²) in [4.78, 5) is 0. The zero-order valence-corrected chi connectivity index (χ0v) is 9.13. The van der Waals surface area contributed by atoms with Crippen LogP contribution < -0.4 is 0 Å². The Labute approximate surface area is 76.3 Å². The third-order valence-corrected chi connectivity index (χ3v) is 2.85. The molecule has 11 heavy (non-hydrogen) atoms. The van der Waals surface area contributed by atoms with Gasteiger partial charge in [-0.05, 0) is 17.3 Å². The molecule has 1 atom stereocenters. The second-order valence-electron chi connectivity index (χ2n) is 4.19. The van der Waals surface area contributed by atoms with Crippen LogP contribution in [-0.4, -0.2) is 5.88 Å². The van der Waals surface area contributed by atoms with Gasteiger partial charge in [-0.3, -0.25) is 0 Å². The maximum atomic E-state index is 5.85. The topological polar surface area (TPSA) is 0 Å². The fourth-order valence-electron chi connectivity index (χ4n) is 1.14. The van der Waals surface area contributed by atoms with E-state index in [2.05, 4.69) is 34.6 Å². The lowest BCUT2D eigenvalue weighted by molar-refractivity contribution is 0.354. The quantitative estimate of drug-likeness (QED) is 0.571. The molecule has 0 saturated carbocycles. The molecule has 0 aliphatic carbocycles. The lowest BCUT2D eigenvalue weighted by atomic mass is 9.74. The molecule has 0 bridgehead atoms. The van der Waals surface area contributed by atoms with Gasteiger partial charge in [0.05, 0.1) is 0 Å². The number of halogens is 1. The van der Waals surface area contributed by atoms with E-state index in [0.717, 1.165) is 12.3 Å². The van der Waals surface area contributed by atoms with E-state index in [-0.39, 0.29) is 0 Å². The number of alkyl halides is 1. The van der Waals surface area contributed by atoms with Gasteiger partial charge in [-0.25, -0.2) is 0 Å². The average Bonchev–Trinajstić information content (AvgIpc) is 1.88. The molecule has 0 heterocycles. The Bertz CT molecular complexity index is 97.9. The monoisotopic (exact) mass is 175 g/mol. The maximum absolute atomic E-state index is 5.85. The molecule has 0 spiro atoms. The molecule has 0 aromatic heterocycles. The van der Waals surface area contributed by atoms with Crippen molar-refractivity contribution in [2.75, 3.05) is 5.88 Å². The Morgan fingerprint density at radius 2 is 1.82 bits per heavy atom. The molecule has 1 heteroatoms. The number of hydrogen-bond acceptors (Lipinski definition) is 0. The van der Waals surface area contributed by atoms with Crippen molar-refractivity contribution in [3.8, 4) is 0 Å². The van der Waals surface area contributed by atoms with Crippen LogP contribution in [0, 0.1) is 17.3 Å². The third kappa shape index (κ3) is 3.46. The van der Waals surface area contributed by atoms with E-state index in [1.54, 1.807) is 0 Å². The van der Waals surface area contributed by atoms with E-state index < -0.39 is 0 Å². The molecule has 0 N–H and O–H groups in total. The molecule has 1 unspecified atom stereocenters. The van der Waals surface area contributed by atoms with Gasteiger partial charge >= 0.3 is 0 Å². The molecule has 0 amide bonds. The van der Waals surface area contributed by atoms with Crippen molar-refractivity contribution in [1.29, 1.82) is 0 Å². The van der Waals surface area contributed by atoms with Crippen LogP contribution in [0.3, 0.4) is 0 Å². The molecule has 0 aliphatic rings. The van der Waals surface area contributed by atoms with Crippen LogP contribution >= 0.6 is 11.6 Å². The zero-order valence-electron chi connectivity index (χ0n) is 8.37. The van der Waals surface area contributed by atoms with Crippen LogP contribution in [0.15, 0.2) is 0 Å². The van der Waals surface area contributed by atoms with Gasteiger partial charge in [-0.1, -0.05) is 41.0 Å². The van der Waals surface area contributed by atoms with E-state index in [1.807, 2.05) is 0 Å². The molecular weight excluding hydrogens is 156 g/mol. The van der Waals surface area contributed by atoms with Gasteiger partial charge in [0, 0.05) is 5.88 Å². The molecular formula is C10H20Cl. The van der Waals surface area contributed by atoms with E-state index in [9.17, 15) is 0 Å². The highest BCUT2D eigenvalue weighted by molar-refractivity contribution is 6.18. The number of hydrogen-bond donors (Lipinski definition) is 0. The Morgan fingerprint density at radius 3 is 1.91 bits per heavy atom. The lowest BCUT2D eigenvalue weighted by Crippen LogP contribution is -2.24. The fraction of sp³-hybridized carbons (Fsp3) is 0.900. The fourth-order valence-corrected chi connectivity index (χ4v) is 1.59. The predicted molar refractivity (Wildman–Crippen MR) is 52.9 cm³/mol. The first kappa shape index (κ1) is 11.3. The summed E-state index contributed by atoms with van der Waals surface area (Å²) < 4.78 is 0. The zero-order chi connectivity index (χ0) is 9.07. The van der Waals surface area contributed by atoms with Gasteiger partial charge in [0.25, 0.3) is 0 Å². The van der Waals surface area contributed by atoms with E-state index in [1.165, 1.54) is 5.92 Å². The summed E-state index contributed by atoms with van der Waals surface area (Å²) in [5.41, 5.74) is 0.315. The minimum absolute atomic E-state index is 0.315. The van der Waals surface area contributed by atoms with E-state index in [0.29, 0.717) is 11.3 Å². The minimum Gasteiger partial charge on any atom is -0.126 e. The van der Waals surface area contributed by atoms with Gasteiger partial charge in [-0.15, -0.1) is 11.6 Å². The third-order valence-electron chi connectivity index (χ3n) is 2.47. The maximum Gasteiger partial charge on any atom is 0.0257 e. The van der Waals surface area contributed by atoms with Crippen LogP contribution in [-0.2, 0) is 0 Å². The molecule has 67 valence electrons. The summed E-state index contributed by atoms with van der Waals surface area (Å²) in [5.74, 6) is 2.88. The van der Waals surface area contributed by atoms with Gasteiger partial charge < -0.3 is 0 Å². The molecule has 0 aromatic carbocycles. The summed E-state index contributed by atoms with van der Waals surface area (Å²) in [7, 11) is 0.